The van der Waals surface area contributed by atoms with E-state index in [1.54, 1.807) is 0 Å². The lowest BCUT2D eigenvalue weighted by Gasteiger charge is -2.16. The number of ketones is 2. The van der Waals surface area contributed by atoms with Gasteiger partial charge < -0.3 is 9.59 Å². The quantitative estimate of drug-likeness (QED) is 0.0415. The Hall–Kier alpha value is -1.36. The van der Waals surface area contributed by atoms with Crippen molar-refractivity contribution in [2.24, 2.45) is 0 Å². The highest BCUT2D eigenvalue weighted by atomic mass is 16.2. The average Bonchev–Trinajstić information content (AvgIpc) is 3.05. The zero-order valence-electron chi connectivity index (χ0n) is 30.1. The van der Waals surface area contributed by atoms with Crippen molar-refractivity contribution < 1.29 is 19.2 Å². The number of carbonyl (C=O) groups excluding carboxylic acids is 4. The molecule has 0 aliphatic heterocycles. The molecule has 0 radical (unpaired) electrons. The Balaban J connectivity index is 3.77. The first-order valence-electron chi connectivity index (χ1n) is 19.8. The smallest absolute Gasteiger partial charge is 0.157 e. The fourth-order valence-electron chi connectivity index (χ4n) is 6.26. The Morgan fingerprint density at radius 3 is 0.778 bits per heavy atom. The summed E-state index contributed by atoms with van der Waals surface area (Å²) in [5.74, 6) is -0.433. The first-order chi connectivity index (χ1) is 22.1. The molecule has 0 amide bonds. The fraction of sp³-hybridized carbons (Fsp3) is 0.900. The van der Waals surface area contributed by atoms with Gasteiger partial charge in [0.15, 0.2) is 11.6 Å². The first-order valence-corrected chi connectivity index (χ1v) is 19.8. The molecule has 0 bridgehead atoms. The molecule has 0 rings (SSSR count). The van der Waals surface area contributed by atoms with Crippen LogP contribution >= 0.6 is 0 Å². The van der Waals surface area contributed by atoms with E-state index in [2.05, 4.69) is 19.2 Å². The van der Waals surface area contributed by atoms with E-state index in [4.69, 9.17) is 0 Å². The van der Waals surface area contributed by atoms with E-state index in [0.717, 1.165) is 38.5 Å². The van der Waals surface area contributed by atoms with Gasteiger partial charge in [-0.2, -0.15) is 0 Å². The minimum absolute atomic E-state index is 0.216. The molecule has 5 heteroatoms. The molecule has 5 nitrogen and oxygen atoms in total. The van der Waals surface area contributed by atoms with Crippen LogP contribution < -0.4 is 5.32 Å². The summed E-state index contributed by atoms with van der Waals surface area (Å²) in [4.78, 5) is 48.3. The molecule has 0 aromatic rings. The van der Waals surface area contributed by atoms with Crippen molar-refractivity contribution in [3.63, 3.8) is 0 Å². The second-order valence-electron chi connectivity index (χ2n) is 13.7. The molecule has 1 N–H and O–H groups in total. The average molecular weight is 634 g/mol. The van der Waals surface area contributed by atoms with Gasteiger partial charge in [0, 0.05) is 12.8 Å². The molecule has 2 unspecified atom stereocenters. The van der Waals surface area contributed by atoms with E-state index >= 15 is 0 Å². The van der Waals surface area contributed by atoms with Crippen molar-refractivity contribution in [2.45, 2.75) is 231 Å². The number of carbonyl (C=O) groups is 4. The number of hydrogen-bond acceptors (Lipinski definition) is 5. The third-order valence-corrected chi connectivity index (χ3v) is 9.38. The molecular weight excluding hydrogens is 558 g/mol. The van der Waals surface area contributed by atoms with Crippen LogP contribution in [0.3, 0.4) is 0 Å². The molecule has 0 heterocycles. The lowest BCUT2D eigenvalue weighted by atomic mass is 10.0. The maximum absolute atomic E-state index is 12.6. The molecule has 0 fully saturated rings. The zero-order valence-corrected chi connectivity index (χ0v) is 30.1. The Bertz CT molecular complexity index is 623. The summed E-state index contributed by atoms with van der Waals surface area (Å²) >= 11 is 0. The lowest BCUT2D eigenvalue weighted by Crippen LogP contribution is -2.48. The minimum atomic E-state index is -1.07. The van der Waals surface area contributed by atoms with E-state index in [1.807, 2.05) is 0 Å². The van der Waals surface area contributed by atoms with Crippen LogP contribution in [-0.4, -0.2) is 36.2 Å². The SMILES string of the molecule is CCCCCCCCCCCCCCCCCC(=O)C(C=O)NC(C=O)C(=O)CCCCCCCCCCCCCCCCC. The normalized spacial score (nSPS) is 12.7. The highest BCUT2D eigenvalue weighted by Gasteiger charge is 2.25. The molecule has 0 spiro atoms. The van der Waals surface area contributed by atoms with Gasteiger partial charge in [0.05, 0.1) is 0 Å². The summed E-state index contributed by atoms with van der Waals surface area (Å²) in [7, 11) is 0. The van der Waals surface area contributed by atoms with Crippen LogP contribution in [0.1, 0.15) is 219 Å². The standard InChI is InChI=1S/C40H75NO4/c1-3-5-7-9-11-13-15-17-19-21-23-25-27-29-31-33-39(44)37(35-42)41-38(36-43)40(45)34-32-30-28-26-24-22-20-18-16-14-12-10-8-6-4-2/h35-38,41H,3-34H2,1-2H3. The van der Waals surface area contributed by atoms with Crippen LogP contribution in [0.25, 0.3) is 0 Å². The van der Waals surface area contributed by atoms with Gasteiger partial charge in [0.25, 0.3) is 0 Å². The Labute approximate surface area is 279 Å². The maximum Gasteiger partial charge on any atom is 0.157 e. The third-order valence-electron chi connectivity index (χ3n) is 9.38. The van der Waals surface area contributed by atoms with Crippen molar-refractivity contribution in [1.29, 1.82) is 0 Å². The number of aldehydes is 2. The monoisotopic (exact) mass is 634 g/mol. The highest BCUT2D eigenvalue weighted by molar-refractivity contribution is 6.01. The van der Waals surface area contributed by atoms with Gasteiger partial charge in [-0.3, -0.25) is 14.9 Å². The number of rotatable bonds is 38. The van der Waals surface area contributed by atoms with Gasteiger partial charge >= 0.3 is 0 Å². The summed E-state index contributed by atoms with van der Waals surface area (Å²) in [6.45, 7) is 4.53. The van der Waals surface area contributed by atoms with Crippen molar-refractivity contribution in [3.8, 4) is 0 Å². The van der Waals surface area contributed by atoms with E-state index in [-0.39, 0.29) is 11.6 Å². The summed E-state index contributed by atoms with van der Waals surface area (Å²) in [5.41, 5.74) is 0. The van der Waals surface area contributed by atoms with Crippen molar-refractivity contribution in [3.05, 3.63) is 0 Å². The summed E-state index contributed by atoms with van der Waals surface area (Å²) in [5, 5.41) is 2.72. The largest absolute Gasteiger partial charge is 0.301 e. The lowest BCUT2D eigenvalue weighted by molar-refractivity contribution is -0.127. The third kappa shape index (κ3) is 29.8. The maximum atomic E-state index is 12.6. The fourth-order valence-corrected chi connectivity index (χ4v) is 6.26. The predicted molar refractivity (Wildman–Crippen MR) is 192 cm³/mol. The van der Waals surface area contributed by atoms with Crippen molar-refractivity contribution in [1.82, 2.24) is 5.32 Å². The molecule has 0 saturated heterocycles. The van der Waals surface area contributed by atoms with E-state index in [0.29, 0.717) is 25.4 Å². The van der Waals surface area contributed by atoms with E-state index in [1.165, 1.54) is 154 Å². The van der Waals surface area contributed by atoms with E-state index < -0.39 is 12.1 Å². The van der Waals surface area contributed by atoms with Crippen molar-refractivity contribution >= 4 is 24.1 Å². The van der Waals surface area contributed by atoms with Crippen LogP contribution in [0.4, 0.5) is 0 Å². The Morgan fingerprint density at radius 2 is 0.578 bits per heavy atom. The van der Waals surface area contributed by atoms with Crippen LogP contribution in [0.2, 0.25) is 0 Å². The van der Waals surface area contributed by atoms with Gasteiger partial charge in [-0.15, -0.1) is 0 Å². The van der Waals surface area contributed by atoms with Gasteiger partial charge in [0.2, 0.25) is 0 Å². The predicted octanol–water partition coefficient (Wildman–Crippen LogP) is 11.4. The summed E-state index contributed by atoms with van der Waals surface area (Å²) in [6.07, 6.45) is 39.5. The number of nitrogens with one attached hydrogen (secondary N) is 1. The molecular formula is C40H75NO4. The molecule has 0 saturated carbocycles. The molecule has 2 atom stereocenters. The van der Waals surface area contributed by atoms with E-state index in [9.17, 15) is 19.2 Å². The molecule has 0 aliphatic carbocycles. The molecule has 0 aliphatic rings. The second kappa shape index (κ2) is 35.5. The number of unbranched alkanes of at least 4 members (excludes halogenated alkanes) is 28. The zero-order chi connectivity index (χ0) is 33.1. The van der Waals surface area contributed by atoms with Crippen LogP contribution in [0.15, 0.2) is 0 Å². The van der Waals surface area contributed by atoms with Crippen LogP contribution in [0.5, 0.6) is 0 Å². The van der Waals surface area contributed by atoms with Gasteiger partial charge in [-0.25, -0.2) is 0 Å². The Morgan fingerprint density at radius 1 is 0.378 bits per heavy atom. The summed E-state index contributed by atoms with van der Waals surface area (Å²) < 4.78 is 0. The highest BCUT2D eigenvalue weighted by Crippen LogP contribution is 2.16. The van der Waals surface area contributed by atoms with Crippen LogP contribution in [0, 0.1) is 0 Å². The Kier molecular flexibility index (Phi) is 34.4. The van der Waals surface area contributed by atoms with Gasteiger partial charge in [-0.05, 0) is 12.8 Å². The summed E-state index contributed by atoms with van der Waals surface area (Å²) in [6, 6.07) is -2.14. The van der Waals surface area contributed by atoms with Gasteiger partial charge in [-0.1, -0.05) is 194 Å². The van der Waals surface area contributed by atoms with Crippen LogP contribution in [-0.2, 0) is 19.2 Å². The molecule has 0 aromatic heterocycles. The van der Waals surface area contributed by atoms with Gasteiger partial charge in [0.1, 0.15) is 24.7 Å². The first kappa shape index (κ1) is 43.6. The topological polar surface area (TPSA) is 80.3 Å². The second-order valence-corrected chi connectivity index (χ2v) is 13.7. The molecule has 45 heavy (non-hydrogen) atoms. The molecule has 0 aromatic carbocycles. The van der Waals surface area contributed by atoms with Crippen molar-refractivity contribution in [2.75, 3.05) is 0 Å². The number of hydrogen-bond donors (Lipinski definition) is 1. The number of Topliss-reactive ketones (excluding diaryl/α,β-unsaturated/α-hetero) is 2. The minimum Gasteiger partial charge on any atom is -0.301 e. The molecule has 264 valence electrons.